The van der Waals surface area contributed by atoms with Crippen LogP contribution in [0.1, 0.15) is 5.56 Å². The number of carbonyl (C=O) groups is 1. The molecule has 1 aliphatic rings. The summed E-state index contributed by atoms with van der Waals surface area (Å²) in [6.45, 7) is 0.369. The van der Waals surface area contributed by atoms with Gasteiger partial charge in [-0.1, -0.05) is 37.9 Å². The molecule has 0 spiro atoms. The van der Waals surface area contributed by atoms with E-state index in [0.717, 1.165) is 24.8 Å². The number of rotatable bonds is 9. The van der Waals surface area contributed by atoms with Crippen molar-refractivity contribution in [2.75, 3.05) is 13.7 Å². The minimum Gasteiger partial charge on any atom is -0.363 e. The maximum Gasteiger partial charge on any atom is 0.220 e. The van der Waals surface area contributed by atoms with Gasteiger partial charge in [0.2, 0.25) is 12.1 Å². The molecule has 0 N–H and O–H groups in total. The van der Waals surface area contributed by atoms with Gasteiger partial charge in [0.25, 0.3) is 0 Å². The lowest BCUT2D eigenvalue weighted by molar-refractivity contribution is -0.151. The molecule has 1 heterocycles. The first kappa shape index (κ1) is 14.2. The summed E-state index contributed by atoms with van der Waals surface area (Å²) in [4.78, 5) is 12.2. The van der Waals surface area contributed by atoms with Gasteiger partial charge in [-0.05, 0) is 6.90 Å². The van der Waals surface area contributed by atoms with Crippen molar-refractivity contribution in [3.8, 4) is 0 Å². The number of hydrogen-bond donors (Lipinski definition) is 0. The molecule has 4 atom stereocenters. The summed E-state index contributed by atoms with van der Waals surface area (Å²) in [5.74, 6) is -0.276. The highest BCUT2D eigenvalue weighted by Crippen LogP contribution is 2.28. The first-order valence-corrected chi connectivity index (χ1v) is 8.63. The van der Waals surface area contributed by atoms with Crippen molar-refractivity contribution >= 4 is 32.6 Å². The van der Waals surface area contributed by atoms with Gasteiger partial charge in [-0.25, -0.2) is 0 Å². The monoisotopic (exact) mass is 330 g/mol. The molecule has 0 amide bonds. The SMILES string of the molecule is [2H]P([B][3H])SOCC1OC(OC)C(=O)[C@@H]1OCc1ccccc1. The molecule has 5 nitrogen and oxygen atoms in total. The molecule has 1 saturated heterocycles. The van der Waals surface area contributed by atoms with E-state index in [1.807, 2.05) is 30.3 Å². The predicted octanol–water partition coefficient (Wildman–Crippen LogP) is 1.59. The van der Waals surface area contributed by atoms with Gasteiger partial charge in [0.1, 0.15) is 19.7 Å². The third-order valence-electron chi connectivity index (χ3n) is 2.96. The molecular weight excluding hydrogens is 310 g/mol. The van der Waals surface area contributed by atoms with E-state index in [0.29, 0.717) is 0 Å². The van der Waals surface area contributed by atoms with Crippen LogP contribution in [0.4, 0.5) is 0 Å². The summed E-state index contributed by atoms with van der Waals surface area (Å²) in [5, 5.41) is 0. The Kier molecular flexibility index (Phi) is 6.00. The van der Waals surface area contributed by atoms with Crippen molar-refractivity contribution in [3.63, 3.8) is 0 Å². The molecule has 8 heteroatoms. The Labute approximate surface area is 133 Å². The predicted molar refractivity (Wildman–Crippen MR) is 84.7 cm³/mol. The van der Waals surface area contributed by atoms with Gasteiger partial charge in [-0.15, -0.1) is 0 Å². The zero-order chi connectivity index (χ0) is 16.7. The third-order valence-corrected chi connectivity index (χ3v) is 3.87. The smallest absolute Gasteiger partial charge is 0.220 e. The highest BCUT2D eigenvalue weighted by atomic mass is 32.7. The zero-order valence-corrected chi connectivity index (χ0v) is 13.2. The summed E-state index contributed by atoms with van der Waals surface area (Å²) in [5.41, 5.74) is 0.952. The lowest BCUT2D eigenvalue weighted by atomic mass is 10.1. The Balaban J connectivity index is 1.90. The standard InChI is InChI=1S/C13H17BO5PS/c1-16-13-11(15)12(10(19-13)8-18-21-20-14)17-7-9-5-3-2-4-6-9/h2-6,10,12-14,20H,7-8H2,1H3/t10?,12-,13?,20?/m1/s1/i14T,20D. The topological polar surface area (TPSA) is 54.0 Å². The van der Waals surface area contributed by atoms with Gasteiger partial charge in [0, 0.05) is 18.8 Å². The molecule has 1 aliphatic heterocycles. The number of Topliss-reactive ketones (excluding diaryl/α,β-unsaturated/α-hetero) is 1. The van der Waals surface area contributed by atoms with Crippen molar-refractivity contribution in [2.45, 2.75) is 25.1 Å². The second-order valence-electron chi connectivity index (χ2n) is 4.33. The highest BCUT2D eigenvalue weighted by molar-refractivity contribution is 8.53. The minimum absolute atomic E-state index is 0.0846. The molecule has 0 saturated carbocycles. The van der Waals surface area contributed by atoms with Gasteiger partial charge in [-0.2, -0.15) is 0 Å². The van der Waals surface area contributed by atoms with Gasteiger partial charge in [0.15, 0.2) is 0 Å². The number of methoxy groups -OCH3 is 1. The second kappa shape index (κ2) is 8.88. The van der Waals surface area contributed by atoms with E-state index < -0.39 is 26.1 Å². The second-order valence-corrected chi connectivity index (χ2v) is 6.00. The summed E-state index contributed by atoms with van der Waals surface area (Å²) < 4.78 is 35.9. The summed E-state index contributed by atoms with van der Waals surface area (Å²) in [6.07, 6.45) is -2.34. The first-order valence-electron chi connectivity index (χ1n) is 7.35. The van der Waals surface area contributed by atoms with Gasteiger partial charge >= 0.3 is 0 Å². The third kappa shape index (κ3) is 4.78. The van der Waals surface area contributed by atoms with E-state index in [2.05, 4.69) is 0 Å². The summed E-state index contributed by atoms with van der Waals surface area (Å²) in [7, 11) is 1.00. The highest BCUT2D eigenvalue weighted by Gasteiger charge is 2.44. The summed E-state index contributed by atoms with van der Waals surface area (Å²) >= 11 is 0.891. The first-order chi connectivity index (χ1) is 11.2. The van der Waals surface area contributed by atoms with Gasteiger partial charge < -0.3 is 18.4 Å². The van der Waals surface area contributed by atoms with Crippen LogP contribution in [0.3, 0.4) is 0 Å². The van der Waals surface area contributed by atoms with Crippen LogP contribution in [0.15, 0.2) is 30.3 Å². The van der Waals surface area contributed by atoms with Crippen LogP contribution in [-0.2, 0) is 29.8 Å². The Bertz CT molecular complexity index is 501. The lowest BCUT2D eigenvalue weighted by Crippen LogP contribution is -2.33. The molecule has 1 aromatic carbocycles. The average Bonchev–Trinajstić information content (AvgIpc) is 2.89. The molecular formula is C13H17BO5PS. The fraction of sp³-hybridized carbons (Fsp3) is 0.462. The number of benzene rings is 1. The van der Waals surface area contributed by atoms with E-state index in [9.17, 15) is 4.79 Å². The molecule has 21 heavy (non-hydrogen) atoms. The van der Waals surface area contributed by atoms with Crippen molar-refractivity contribution in [1.29, 1.82) is 2.61 Å². The van der Waals surface area contributed by atoms with Crippen LogP contribution in [0.5, 0.6) is 0 Å². The fourth-order valence-electron chi connectivity index (χ4n) is 1.99. The molecule has 2 rings (SSSR count). The Hall–Kier alpha value is -0.425. The molecule has 0 aliphatic carbocycles. The number of hydrogen-bond acceptors (Lipinski definition) is 6. The molecule has 113 valence electrons. The van der Waals surface area contributed by atoms with E-state index in [1.165, 1.54) is 7.11 Å². The van der Waals surface area contributed by atoms with Crippen molar-refractivity contribution in [3.05, 3.63) is 35.9 Å². The van der Waals surface area contributed by atoms with Crippen LogP contribution in [0.2, 0.25) is 0 Å². The average molecular weight is 330 g/mol. The van der Waals surface area contributed by atoms with E-state index >= 15 is 0 Å². The Morgan fingerprint density at radius 2 is 2.38 bits per heavy atom. The van der Waals surface area contributed by atoms with Crippen molar-refractivity contribution in [2.24, 2.45) is 0 Å². The fourth-order valence-corrected chi connectivity index (χ4v) is 2.61. The van der Waals surface area contributed by atoms with E-state index in [-0.39, 0.29) is 19.0 Å². The molecule has 3 unspecified atom stereocenters. The number of ketones is 1. The maximum absolute atomic E-state index is 12.2. The van der Waals surface area contributed by atoms with Crippen LogP contribution >= 0.6 is 19.3 Å². The van der Waals surface area contributed by atoms with Gasteiger partial charge in [0.05, 0.1) is 14.5 Å². The van der Waals surface area contributed by atoms with Crippen LogP contribution in [-0.4, -0.2) is 48.1 Å². The van der Waals surface area contributed by atoms with Gasteiger partial charge in [-0.3, -0.25) is 4.79 Å². The Morgan fingerprint density at radius 1 is 1.57 bits per heavy atom. The van der Waals surface area contributed by atoms with Crippen molar-refractivity contribution in [1.82, 2.24) is 0 Å². The van der Waals surface area contributed by atoms with Crippen LogP contribution < -0.4 is 0 Å². The quantitative estimate of drug-likeness (QED) is 0.389. The largest absolute Gasteiger partial charge is 0.363 e. The molecule has 1 radical (unpaired) electrons. The minimum atomic E-state index is -1.41. The van der Waals surface area contributed by atoms with Crippen LogP contribution in [0.25, 0.3) is 0 Å². The zero-order valence-electron chi connectivity index (χ0n) is 13.5. The number of carbonyl (C=O) groups excluding carboxylic acids is 1. The molecule has 1 aromatic rings. The normalized spacial score (nSPS) is 28.0. The molecule has 0 bridgehead atoms. The lowest BCUT2D eigenvalue weighted by Gasteiger charge is -2.17. The molecule has 0 aromatic heterocycles. The maximum atomic E-state index is 12.2. The number of ether oxygens (including phenoxy) is 3. The van der Waals surface area contributed by atoms with Crippen molar-refractivity contribution < 1.29 is 23.2 Å². The van der Waals surface area contributed by atoms with E-state index in [4.69, 9.17) is 21.0 Å². The Morgan fingerprint density at radius 3 is 3.10 bits per heavy atom. The van der Waals surface area contributed by atoms with E-state index in [1.54, 1.807) is 0 Å². The summed E-state index contributed by atoms with van der Waals surface area (Å²) in [6, 6.07) is 9.52. The van der Waals surface area contributed by atoms with Crippen LogP contribution in [0, 0.1) is 0 Å². The molecule has 1 fully saturated rings.